The fourth-order valence-electron chi connectivity index (χ4n) is 1.58. The normalized spacial score (nSPS) is 12.8. The lowest BCUT2D eigenvalue weighted by molar-refractivity contribution is 0.0936. The Labute approximate surface area is 114 Å². The van der Waals surface area contributed by atoms with Gasteiger partial charge in [0.2, 0.25) is 0 Å². The summed E-state index contributed by atoms with van der Waals surface area (Å²) in [6.07, 6.45) is 0. The Morgan fingerprint density at radius 2 is 1.71 bits per heavy atom. The smallest absolute Gasteiger partial charge is 0.179 e. The maximum Gasteiger partial charge on any atom is 0.179 e. The summed E-state index contributed by atoms with van der Waals surface area (Å²) in [7, 11) is 0. The minimum atomic E-state index is -0.193. The highest BCUT2D eigenvalue weighted by molar-refractivity contribution is 6.30. The number of hydrogen-bond donors (Lipinski definition) is 1. The molecule has 0 aliphatic rings. The lowest BCUT2D eigenvalue weighted by Gasteiger charge is -2.25. The van der Waals surface area contributed by atoms with Gasteiger partial charge in [0.05, 0.1) is 6.04 Å². The predicted molar refractivity (Wildman–Crippen MR) is 75.4 cm³/mol. The first-order valence-electron chi connectivity index (χ1n) is 5.37. The van der Waals surface area contributed by atoms with Crippen molar-refractivity contribution < 1.29 is 4.79 Å². The van der Waals surface area contributed by atoms with E-state index in [1.54, 1.807) is 24.3 Å². The molecule has 1 atom stereocenters. The molecular formula is C13H19Cl2NO. The van der Waals surface area contributed by atoms with Crippen molar-refractivity contribution in [2.45, 2.75) is 39.3 Å². The average molecular weight is 276 g/mol. The van der Waals surface area contributed by atoms with Crippen LogP contribution in [0, 0.1) is 0 Å². The van der Waals surface area contributed by atoms with Crippen LogP contribution in [0.15, 0.2) is 24.3 Å². The van der Waals surface area contributed by atoms with E-state index in [4.69, 9.17) is 11.6 Å². The Balaban J connectivity index is 0.00000256. The van der Waals surface area contributed by atoms with Crippen LogP contribution in [-0.4, -0.2) is 17.4 Å². The van der Waals surface area contributed by atoms with Crippen LogP contribution < -0.4 is 5.32 Å². The third kappa shape index (κ3) is 5.53. The Kier molecular flexibility index (Phi) is 6.17. The molecular weight excluding hydrogens is 257 g/mol. The molecule has 0 saturated heterocycles. The summed E-state index contributed by atoms with van der Waals surface area (Å²) in [5.41, 5.74) is 0.621. The molecule has 0 saturated carbocycles. The van der Waals surface area contributed by atoms with Gasteiger partial charge >= 0.3 is 0 Å². The number of carbonyl (C=O) groups excluding carboxylic acids is 1. The van der Waals surface area contributed by atoms with Gasteiger partial charge in [-0.3, -0.25) is 4.79 Å². The average Bonchev–Trinajstić information content (AvgIpc) is 2.15. The highest BCUT2D eigenvalue weighted by Gasteiger charge is 2.20. The molecule has 0 bridgehead atoms. The Morgan fingerprint density at radius 3 is 2.12 bits per heavy atom. The summed E-state index contributed by atoms with van der Waals surface area (Å²) >= 11 is 5.78. The van der Waals surface area contributed by atoms with E-state index in [-0.39, 0.29) is 29.8 Å². The quantitative estimate of drug-likeness (QED) is 0.852. The zero-order valence-electron chi connectivity index (χ0n) is 10.6. The fraction of sp³-hybridized carbons (Fsp3) is 0.462. The van der Waals surface area contributed by atoms with Gasteiger partial charge in [-0.1, -0.05) is 11.6 Å². The molecule has 0 spiro atoms. The third-order valence-electron chi connectivity index (χ3n) is 2.17. The van der Waals surface area contributed by atoms with E-state index in [1.807, 2.05) is 27.7 Å². The van der Waals surface area contributed by atoms with Crippen molar-refractivity contribution in [1.82, 2.24) is 5.32 Å². The molecule has 1 aromatic rings. The highest BCUT2D eigenvalue weighted by Crippen LogP contribution is 2.12. The van der Waals surface area contributed by atoms with E-state index in [1.165, 1.54) is 0 Å². The van der Waals surface area contributed by atoms with Crippen LogP contribution in [0.2, 0.25) is 5.02 Å². The van der Waals surface area contributed by atoms with Crippen molar-refractivity contribution in [1.29, 1.82) is 0 Å². The van der Waals surface area contributed by atoms with Gasteiger partial charge in [-0.15, -0.1) is 12.4 Å². The van der Waals surface area contributed by atoms with E-state index in [2.05, 4.69) is 5.32 Å². The molecule has 0 fully saturated rings. The molecule has 1 aromatic carbocycles. The second kappa shape index (κ2) is 6.39. The topological polar surface area (TPSA) is 29.1 Å². The van der Waals surface area contributed by atoms with Crippen molar-refractivity contribution in [3.8, 4) is 0 Å². The molecule has 1 rings (SSSR count). The van der Waals surface area contributed by atoms with Crippen LogP contribution in [0.3, 0.4) is 0 Å². The Morgan fingerprint density at radius 1 is 1.24 bits per heavy atom. The summed E-state index contributed by atoms with van der Waals surface area (Å²) in [5.74, 6) is 0.0894. The van der Waals surface area contributed by atoms with E-state index < -0.39 is 0 Å². The monoisotopic (exact) mass is 275 g/mol. The molecule has 96 valence electrons. The Bertz CT molecular complexity index is 368. The SMILES string of the molecule is CC(NC(C)(C)C)C(=O)c1ccc(Cl)cc1.Cl. The number of Topliss-reactive ketones (excluding diaryl/α,β-unsaturated/α-hetero) is 1. The van der Waals surface area contributed by atoms with Crippen molar-refractivity contribution in [3.63, 3.8) is 0 Å². The first kappa shape index (κ1) is 16.4. The number of hydrogen-bond acceptors (Lipinski definition) is 2. The number of halogens is 2. The number of ketones is 1. The van der Waals surface area contributed by atoms with Crippen LogP contribution >= 0.6 is 24.0 Å². The van der Waals surface area contributed by atoms with Gasteiger partial charge in [-0.25, -0.2) is 0 Å². The minimum Gasteiger partial charge on any atom is -0.303 e. The zero-order chi connectivity index (χ0) is 12.3. The van der Waals surface area contributed by atoms with Crippen LogP contribution in [0.1, 0.15) is 38.1 Å². The van der Waals surface area contributed by atoms with Gasteiger partial charge in [0.25, 0.3) is 0 Å². The number of rotatable bonds is 3. The van der Waals surface area contributed by atoms with Crippen molar-refractivity contribution in [3.05, 3.63) is 34.9 Å². The molecule has 1 N–H and O–H groups in total. The fourth-order valence-corrected chi connectivity index (χ4v) is 1.71. The highest BCUT2D eigenvalue weighted by atomic mass is 35.5. The summed E-state index contributed by atoms with van der Waals surface area (Å²) in [4.78, 5) is 12.0. The van der Waals surface area contributed by atoms with E-state index in [0.717, 1.165) is 0 Å². The molecule has 0 aromatic heterocycles. The predicted octanol–water partition coefficient (Wildman–Crippen LogP) is 3.72. The molecule has 0 aliphatic heterocycles. The molecule has 0 aliphatic carbocycles. The van der Waals surface area contributed by atoms with Crippen LogP contribution in [0.5, 0.6) is 0 Å². The summed E-state index contributed by atoms with van der Waals surface area (Å²) in [6, 6.07) is 6.79. The van der Waals surface area contributed by atoms with Crippen molar-refractivity contribution in [2.75, 3.05) is 0 Å². The third-order valence-corrected chi connectivity index (χ3v) is 2.42. The van der Waals surface area contributed by atoms with Crippen LogP contribution in [-0.2, 0) is 0 Å². The van der Waals surface area contributed by atoms with E-state index in [0.29, 0.717) is 10.6 Å². The molecule has 0 radical (unpaired) electrons. The van der Waals surface area contributed by atoms with Gasteiger partial charge in [-0.05, 0) is 52.0 Å². The molecule has 0 amide bonds. The zero-order valence-corrected chi connectivity index (χ0v) is 12.2. The van der Waals surface area contributed by atoms with Gasteiger partial charge in [0, 0.05) is 16.1 Å². The van der Waals surface area contributed by atoms with Gasteiger partial charge in [-0.2, -0.15) is 0 Å². The standard InChI is InChI=1S/C13H18ClNO.ClH/c1-9(15-13(2,3)4)12(16)10-5-7-11(14)8-6-10;/h5-9,15H,1-4H3;1H. The number of nitrogens with one attached hydrogen (secondary N) is 1. The van der Waals surface area contributed by atoms with Gasteiger partial charge < -0.3 is 5.32 Å². The molecule has 0 heterocycles. The van der Waals surface area contributed by atoms with Crippen molar-refractivity contribution in [2.24, 2.45) is 0 Å². The first-order chi connectivity index (χ1) is 7.29. The van der Waals surface area contributed by atoms with Gasteiger partial charge in [0.1, 0.15) is 0 Å². The lowest BCUT2D eigenvalue weighted by atomic mass is 10.0. The second-order valence-electron chi connectivity index (χ2n) is 4.99. The summed E-state index contributed by atoms with van der Waals surface area (Å²) in [6.45, 7) is 8.00. The second-order valence-corrected chi connectivity index (χ2v) is 5.42. The Hall–Kier alpha value is -0.570. The number of carbonyl (C=O) groups is 1. The van der Waals surface area contributed by atoms with Crippen LogP contribution in [0.25, 0.3) is 0 Å². The van der Waals surface area contributed by atoms with Crippen molar-refractivity contribution >= 4 is 29.8 Å². The molecule has 17 heavy (non-hydrogen) atoms. The number of benzene rings is 1. The molecule has 2 nitrogen and oxygen atoms in total. The van der Waals surface area contributed by atoms with Gasteiger partial charge in [0.15, 0.2) is 5.78 Å². The van der Waals surface area contributed by atoms with E-state index >= 15 is 0 Å². The van der Waals surface area contributed by atoms with Crippen LogP contribution in [0.4, 0.5) is 0 Å². The van der Waals surface area contributed by atoms with E-state index in [9.17, 15) is 4.79 Å². The molecule has 4 heteroatoms. The maximum absolute atomic E-state index is 12.0. The maximum atomic E-state index is 12.0. The summed E-state index contributed by atoms with van der Waals surface area (Å²) in [5, 5.41) is 3.90. The minimum absolute atomic E-state index is 0. The molecule has 1 unspecified atom stereocenters. The first-order valence-corrected chi connectivity index (χ1v) is 5.75. The largest absolute Gasteiger partial charge is 0.303 e. The summed E-state index contributed by atoms with van der Waals surface area (Å²) < 4.78 is 0. The lowest BCUT2D eigenvalue weighted by Crippen LogP contribution is -2.46.